The standard InChI is InChI=1S/C9H15NO3S2/c1-2-7(8(11)12)15-9(14)10-3-5-13-6-4-10/h7H,2-6H2,1H3,(H,11,12). The van der Waals surface area contributed by atoms with Crippen LogP contribution in [-0.4, -0.2) is 51.8 Å². The predicted octanol–water partition coefficient (Wildman–Crippen LogP) is 1.20. The summed E-state index contributed by atoms with van der Waals surface area (Å²) in [5, 5.41) is 8.47. The fourth-order valence-electron chi connectivity index (χ4n) is 1.25. The fraction of sp³-hybridized carbons (Fsp3) is 0.778. The third kappa shape index (κ3) is 3.96. The Balaban J connectivity index is 2.42. The molecule has 1 aliphatic heterocycles. The molecular formula is C9H15NO3S2. The first kappa shape index (κ1) is 12.7. The first-order valence-electron chi connectivity index (χ1n) is 4.91. The quantitative estimate of drug-likeness (QED) is 0.759. The second-order valence-electron chi connectivity index (χ2n) is 3.22. The van der Waals surface area contributed by atoms with Gasteiger partial charge < -0.3 is 14.7 Å². The van der Waals surface area contributed by atoms with Crippen LogP contribution in [-0.2, 0) is 9.53 Å². The van der Waals surface area contributed by atoms with E-state index in [0.29, 0.717) is 24.0 Å². The normalized spacial score (nSPS) is 18.6. The monoisotopic (exact) mass is 249 g/mol. The highest BCUT2D eigenvalue weighted by atomic mass is 32.2. The van der Waals surface area contributed by atoms with Gasteiger partial charge in [0.15, 0.2) is 0 Å². The van der Waals surface area contributed by atoms with Crippen molar-refractivity contribution in [2.45, 2.75) is 18.6 Å². The largest absolute Gasteiger partial charge is 0.480 e. The van der Waals surface area contributed by atoms with E-state index < -0.39 is 11.2 Å². The zero-order valence-electron chi connectivity index (χ0n) is 8.64. The maximum absolute atomic E-state index is 10.8. The predicted molar refractivity (Wildman–Crippen MR) is 64.3 cm³/mol. The Bertz CT molecular complexity index is 242. The zero-order chi connectivity index (χ0) is 11.3. The van der Waals surface area contributed by atoms with Gasteiger partial charge in [0.2, 0.25) is 0 Å². The van der Waals surface area contributed by atoms with E-state index in [1.165, 1.54) is 11.8 Å². The van der Waals surface area contributed by atoms with Gasteiger partial charge in [-0.25, -0.2) is 0 Å². The van der Waals surface area contributed by atoms with Gasteiger partial charge in [-0.05, 0) is 6.42 Å². The summed E-state index contributed by atoms with van der Waals surface area (Å²) in [5.41, 5.74) is 0. The average molecular weight is 249 g/mol. The Hall–Kier alpha value is -0.330. The molecule has 0 radical (unpaired) electrons. The first-order valence-corrected chi connectivity index (χ1v) is 6.20. The summed E-state index contributed by atoms with van der Waals surface area (Å²) in [6.07, 6.45) is 0.588. The molecule has 1 aliphatic rings. The summed E-state index contributed by atoms with van der Waals surface area (Å²) < 4.78 is 5.88. The van der Waals surface area contributed by atoms with Crippen molar-refractivity contribution in [3.63, 3.8) is 0 Å². The molecule has 0 aromatic carbocycles. The molecule has 86 valence electrons. The Morgan fingerprint density at radius 3 is 2.67 bits per heavy atom. The number of carbonyl (C=O) groups is 1. The van der Waals surface area contributed by atoms with Crippen LogP contribution in [0.25, 0.3) is 0 Å². The molecule has 0 aromatic rings. The van der Waals surface area contributed by atoms with E-state index in [2.05, 4.69) is 0 Å². The highest BCUT2D eigenvalue weighted by Gasteiger charge is 2.22. The second kappa shape index (κ2) is 6.30. The van der Waals surface area contributed by atoms with Crippen molar-refractivity contribution < 1.29 is 14.6 Å². The van der Waals surface area contributed by atoms with Gasteiger partial charge in [-0.2, -0.15) is 0 Å². The van der Waals surface area contributed by atoms with Crippen molar-refractivity contribution in [3.8, 4) is 0 Å². The van der Waals surface area contributed by atoms with Crippen LogP contribution in [0.4, 0.5) is 0 Å². The number of carboxylic acids is 1. The Kier molecular flexibility index (Phi) is 5.35. The lowest BCUT2D eigenvalue weighted by atomic mass is 10.3. The minimum atomic E-state index is -0.793. The van der Waals surface area contributed by atoms with E-state index in [1.54, 1.807) is 0 Å². The third-order valence-electron chi connectivity index (χ3n) is 2.16. The van der Waals surface area contributed by atoms with Gasteiger partial charge in [0.05, 0.1) is 13.2 Å². The van der Waals surface area contributed by atoms with Gasteiger partial charge in [0.25, 0.3) is 0 Å². The van der Waals surface area contributed by atoms with Crippen LogP contribution in [0.3, 0.4) is 0 Å². The Morgan fingerprint density at radius 1 is 1.60 bits per heavy atom. The number of hydrogen-bond donors (Lipinski definition) is 1. The van der Waals surface area contributed by atoms with Crippen molar-refractivity contribution in [2.24, 2.45) is 0 Å². The first-order chi connectivity index (χ1) is 7.15. The summed E-state index contributed by atoms with van der Waals surface area (Å²) >= 11 is 6.47. The van der Waals surface area contributed by atoms with Crippen LogP contribution in [0.15, 0.2) is 0 Å². The number of ether oxygens (including phenoxy) is 1. The van der Waals surface area contributed by atoms with Crippen LogP contribution >= 0.6 is 24.0 Å². The number of hydrogen-bond acceptors (Lipinski definition) is 4. The average Bonchev–Trinajstić information content (AvgIpc) is 2.26. The van der Waals surface area contributed by atoms with Crippen LogP contribution in [0.2, 0.25) is 0 Å². The fourth-order valence-corrected chi connectivity index (χ4v) is 2.62. The smallest absolute Gasteiger partial charge is 0.317 e. The van der Waals surface area contributed by atoms with E-state index in [4.69, 9.17) is 22.1 Å². The maximum Gasteiger partial charge on any atom is 0.317 e. The molecule has 0 aromatic heterocycles. The molecule has 1 heterocycles. The second-order valence-corrected chi connectivity index (χ2v) is 5.05. The summed E-state index contributed by atoms with van der Waals surface area (Å²) in [4.78, 5) is 12.8. The molecule has 1 saturated heterocycles. The number of morpholine rings is 1. The van der Waals surface area contributed by atoms with Crippen LogP contribution in [0, 0.1) is 0 Å². The molecule has 0 aliphatic carbocycles. The molecule has 0 bridgehead atoms. The minimum Gasteiger partial charge on any atom is -0.480 e. The van der Waals surface area contributed by atoms with Gasteiger partial charge in [-0.1, -0.05) is 30.9 Å². The molecule has 0 amide bonds. The number of aliphatic carboxylic acids is 1. The Morgan fingerprint density at radius 2 is 2.20 bits per heavy atom. The lowest BCUT2D eigenvalue weighted by Gasteiger charge is -2.29. The van der Waals surface area contributed by atoms with Crippen molar-refractivity contribution in [1.29, 1.82) is 0 Å². The number of carboxylic acid groups (broad SMARTS) is 1. The van der Waals surface area contributed by atoms with Crippen molar-refractivity contribution >= 4 is 34.3 Å². The van der Waals surface area contributed by atoms with E-state index in [-0.39, 0.29) is 0 Å². The van der Waals surface area contributed by atoms with E-state index in [0.717, 1.165) is 13.1 Å². The van der Waals surface area contributed by atoms with Crippen LogP contribution < -0.4 is 0 Å². The highest BCUT2D eigenvalue weighted by molar-refractivity contribution is 8.23. The van der Waals surface area contributed by atoms with Gasteiger partial charge in [0.1, 0.15) is 9.57 Å². The molecule has 1 rings (SSSR count). The number of thiocarbonyl (C=S) groups is 1. The van der Waals surface area contributed by atoms with Crippen LogP contribution in [0.1, 0.15) is 13.3 Å². The van der Waals surface area contributed by atoms with Crippen molar-refractivity contribution in [3.05, 3.63) is 0 Å². The molecule has 0 spiro atoms. The zero-order valence-corrected chi connectivity index (χ0v) is 10.3. The molecule has 4 nitrogen and oxygen atoms in total. The summed E-state index contributed by atoms with van der Waals surface area (Å²) in [6.45, 7) is 4.73. The van der Waals surface area contributed by atoms with Gasteiger partial charge in [0, 0.05) is 13.1 Å². The summed E-state index contributed by atoms with van der Waals surface area (Å²) in [6, 6.07) is 0. The lowest BCUT2D eigenvalue weighted by molar-refractivity contribution is -0.136. The molecule has 15 heavy (non-hydrogen) atoms. The lowest BCUT2D eigenvalue weighted by Crippen LogP contribution is -2.39. The third-order valence-corrected chi connectivity index (χ3v) is 3.98. The molecule has 1 atom stereocenters. The van der Waals surface area contributed by atoms with Crippen molar-refractivity contribution in [2.75, 3.05) is 26.3 Å². The maximum atomic E-state index is 10.8. The van der Waals surface area contributed by atoms with Gasteiger partial charge in [-0.15, -0.1) is 0 Å². The number of thioether (sulfide) groups is 1. The SMILES string of the molecule is CCC(SC(=S)N1CCOCC1)C(=O)O. The molecule has 6 heteroatoms. The minimum absolute atomic E-state index is 0.430. The number of nitrogens with zero attached hydrogens (tertiary/aromatic N) is 1. The molecule has 0 saturated carbocycles. The summed E-state index contributed by atoms with van der Waals surface area (Å²) in [7, 11) is 0. The molecule has 1 N–H and O–H groups in total. The Labute approximate surface area is 99.0 Å². The molecule has 1 fully saturated rings. The summed E-state index contributed by atoms with van der Waals surface area (Å²) in [5.74, 6) is -0.793. The number of rotatable bonds is 3. The van der Waals surface area contributed by atoms with Gasteiger partial charge >= 0.3 is 5.97 Å². The van der Waals surface area contributed by atoms with E-state index >= 15 is 0 Å². The van der Waals surface area contributed by atoms with E-state index in [9.17, 15) is 4.79 Å². The molecule has 1 unspecified atom stereocenters. The topological polar surface area (TPSA) is 49.8 Å². The van der Waals surface area contributed by atoms with Crippen LogP contribution in [0.5, 0.6) is 0 Å². The highest BCUT2D eigenvalue weighted by Crippen LogP contribution is 2.20. The molecular weight excluding hydrogens is 234 g/mol. The van der Waals surface area contributed by atoms with E-state index in [1.807, 2.05) is 11.8 Å². The van der Waals surface area contributed by atoms with Gasteiger partial charge in [-0.3, -0.25) is 4.79 Å². The van der Waals surface area contributed by atoms with Crippen molar-refractivity contribution in [1.82, 2.24) is 4.90 Å².